The van der Waals surface area contributed by atoms with Crippen LogP contribution in [-0.2, 0) is 0 Å². The zero-order valence-electron chi connectivity index (χ0n) is 11.8. The van der Waals surface area contributed by atoms with Crippen LogP contribution in [0.1, 0.15) is 0 Å². The van der Waals surface area contributed by atoms with Crippen LogP contribution in [0.15, 0.2) is 73.1 Å². The smallest absolute Gasteiger partial charge is 0.0965 e. The Morgan fingerprint density at radius 2 is 1.18 bits per heavy atom. The van der Waals surface area contributed by atoms with Crippen LogP contribution in [0.25, 0.3) is 43.4 Å². The SMILES string of the molecule is c1ccc2c(c1)ccc1c2ccc2c1ccc1nccnc12. The van der Waals surface area contributed by atoms with Gasteiger partial charge < -0.3 is 0 Å². The van der Waals surface area contributed by atoms with Crippen LogP contribution in [0.3, 0.4) is 0 Å². The normalized spacial score (nSPS) is 11.6. The highest BCUT2D eigenvalue weighted by atomic mass is 14.8. The van der Waals surface area contributed by atoms with Gasteiger partial charge in [0.25, 0.3) is 0 Å². The lowest BCUT2D eigenvalue weighted by atomic mass is 9.96. The van der Waals surface area contributed by atoms with E-state index in [4.69, 9.17) is 0 Å². The molecule has 2 nitrogen and oxygen atoms in total. The molecule has 1 aromatic heterocycles. The summed E-state index contributed by atoms with van der Waals surface area (Å²) in [6.45, 7) is 0. The predicted octanol–water partition coefficient (Wildman–Crippen LogP) is 5.09. The van der Waals surface area contributed by atoms with Gasteiger partial charge in [0, 0.05) is 17.8 Å². The van der Waals surface area contributed by atoms with Crippen molar-refractivity contribution in [1.82, 2.24) is 9.97 Å². The quantitative estimate of drug-likeness (QED) is 0.369. The highest BCUT2D eigenvalue weighted by molar-refractivity contribution is 6.21. The molecule has 0 radical (unpaired) electrons. The Morgan fingerprint density at radius 3 is 2.18 bits per heavy atom. The molecule has 4 aromatic carbocycles. The van der Waals surface area contributed by atoms with Gasteiger partial charge in [0.2, 0.25) is 0 Å². The molecule has 0 aliphatic heterocycles. The molecule has 0 saturated heterocycles. The summed E-state index contributed by atoms with van der Waals surface area (Å²) >= 11 is 0. The van der Waals surface area contributed by atoms with E-state index in [0.29, 0.717) is 0 Å². The third kappa shape index (κ3) is 1.49. The molecule has 5 rings (SSSR count). The van der Waals surface area contributed by atoms with Gasteiger partial charge in [-0.1, -0.05) is 54.6 Å². The van der Waals surface area contributed by atoms with Gasteiger partial charge in [0.05, 0.1) is 11.0 Å². The highest BCUT2D eigenvalue weighted by Crippen LogP contribution is 2.33. The summed E-state index contributed by atoms with van der Waals surface area (Å²) in [6, 6.07) is 21.5. The number of aromatic nitrogens is 2. The molecule has 22 heavy (non-hydrogen) atoms. The fourth-order valence-electron chi connectivity index (χ4n) is 3.34. The van der Waals surface area contributed by atoms with Crippen LogP contribution in [0, 0.1) is 0 Å². The molecule has 5 aromatic rings. The molecule has 1 heterocycles. The molecule has 2 heteroatoms. The first-order valence-corrected chi connectivity index (χ1v) is 7.36. The van der Waals surface area contributed by atoms with E-state index in [-0.39, 0.29) is 0 Å². The van der Waals surface area contributed by atoms with Gasteiger partial charge >= 0.3 is 0 Å². The lowest BCUT2D eigenvalue weighted by Crippen LogP contribution is -1.86. The summed E-state index contributed by atoms with van der Waals surface area (Å²) in [5.74, 6) is 0. The van der Waals surface area contributed by atoms with Gasteiger partial charge in [-0.3, -0.25) is 9.97 Å². The Labute approximate surface area is 127 Å². The summed E-state index contributed by atoms with van der Waals surface area (Å²) < 4.78 is 0. The second kappa shape index (κ2) is 4.25. The van der Waals surface area contributed by atoms with Crippen molar-refractivity contribution in [2.75, 3.05) is 0 Å². The molecule has 0 N–H and O–H groups in total. The van der Waals surface area contributed by atoms with Crippen LogP contribution in [0.4, 0.5) is 0 Å². The highest BCUT2D eigenvalue weighted by Gasteiger charge is 2.07. The Balaban J connectivity index is 2.04. The fraction of sp³-hybridized carbons (Fsp3) is 0. The largest absolute Gasteiger partial charge is 0.253 e. The Kier molecular flexibility index (Phi) is 2.25. The monoisotopic (exact) mass is 280 g/mol. The van der Waals surface area contributed by atoms with Crippen molar-refractivity contribution in [3.63, 3.8) is 0 Å². The van der Waals surface area contributed by atoms with E-state index in [9.17, 15) is 0 Å². The minimum Gasteiger partial charge on any atom is -0.253 e. The Morgan fingerprint density at radius 1 is 0.500 bits per heavy atom. The van der Waals surface area contributed by atoms with Crippen LogP contribution in [-0.4, -0.2) is 9.97 Å². The zero-order chi connectivity index (χ0) is 14.5. The average Bonchev–Trinajstić information content (AvgIpc) is 2.60. The maximum Gasteiger partial charge on any atom is 0.0965 e. The van der Waals surface area contributed by atoms with Gasteiger partial charge in [0.1, 0.15) is 0 Å². The van der Waals surface area contributed by atoms with E-state index in [2.05, 4.69) is 70.6 Å². The van der Waals surface area contributed by atoms with Crippen molar-refractivity contribution in [3.05, 3.63) is 73.1 Å². The molecule has 0 bridgehead atoms. The van der Waals surface area contributed by atoms with E-state index in [0.717, 1.165) is 16.4 Å². The van der Waals surface area contributed by atoms with Crippen molar-refractivity contribution in [3.8, 4) is 0 Å². The third-order valence-corrected chi connectivity index (χ3v) is 4.36. The average molecular weight is 280 g/mol. The van der Waals surface area contributed by atoms with Crippen molar-refractivity contribution in [2.45, 2.75) is 0 Å². The minimum absolute atomic E-state index is 0.940. The first kappa shape index (κ1) is 11.6. The summed E-state index contributed by atoms with van der Waals surface area (Å²) in [5.41, 5.74) is 1.91. The van der Waals surface area contributed by atoms with Gasteiger partial charge in [-0.25, -0.2) is 0 Å². The third-order valence-electron chi connectivity index (χ3n) is 4.36. The number of nitrogens with zero attached hydrogens (tertiary/aromatic N) is 2. The molecule has 0 unspecified atom stereocenters. The number of rotatable bonds is 0. The van der Waals surface area contributed by atoms with Crippen molar-refractivity contribution < 1.29 is 0 Å². The maximum atomic E-state index is 4.52. The number of benzene rings is 4. The second-order valence-corrected chi connectivity index (χ2v) is 5.53. The number of hydrogen-bond acceptors (Lipinski definition) is 2. The Hall–Kier alpha value is -3.00. The fourth-order valence-corrected chi connectivity index (χ4v) is 3.34. The maximum absolute atomic E-state index is 4.52. The van der Waals surface area contributed by atoms with E-state index in [1.165, 1.54) is 26.9 Å². The number of hydrogen-bond donors (Lipinski definition) is 0. The zero-order valence-corrected chi connectivity index (χ0v) is 11.8. The summed E-state index contributed by atoms with van der Waals surface area (Å²) in [4.78, 5) is 8.91. The van der Waals surface area contributed by atoms with Gasteiger partial charge in [-0.05, 0) is 33.0 Å². The molecule has 0 aliphatic rings. The molecule has 102 valence electrons. The molecule has 0 atom stereocenters. The molecule has 0 aliphatic carbocycles. The molecular weight excluding hydrogens is 268 g/mol. The topological polar surface area (TPSA) is 25.8 Å². The minimum atomic E-state index is 0.940. The summed E-state index contributed by atoms with van der Waals surface area (Å²) in [6.07, 6.45) is 3.50. The summed E-state index contributed by atoms with van der Waals surface area (Å²) in [7, 11) is 0. The van der Waals surface area contributed by atoms with Crippen molar-refractivity contribution >= 4 is 43.4 Å². The van der Waals surface area contributed by atoms with E-state index >= 15 is 0 Å². The first-order chi connectivity index (χ1) is 10.9. The van der Waals surface area contributed by atoms with Crippen LogP contribution >= 0.6 is 0 Å². The van der Waals surface area contributed by atoms with E-state index in [1.807, 2.05) is 0 Å². The molecular formula is C20H12N2. The van der Waals surface area contributed by atoms with Crippen molar-refractivity contribution in [2.24, 2.45) is 0 Å². The van der Waals surface area contributed by atoms with Gasteiger partial charge in [-0.2, -0.15) is 0 Å². The predicted molar refractivity (Wildman–Crippen MR) is 92.1 cm³/mol. The molecule has 0 amide bonds. The van der Waals surface area contributed by atoms with Gasteiger partial charge in [-0.15, -0.1) is 0 Å². The van der Waals surface area contributed by atoms with Crippen LogP contribution in [0.5, 0.6) is 0 Å². The second-order valence-electron chi connectivity index (χ2n) is 5.53. The van der Waals surface area contributed by atoms with E-state index in [1.54, 1.807) is 12.4 Å². The lowest BCUT2D eigenvalue weighted by Gasteiger charge is -2.08. The standard InChI is InChI=1S/C20H12N2/c1-2-4-14-13(3-1)5-6-16-15(14)7-8-18-17(16)9-10-19-20(18)22-12-11-21-19/h1-12H. The van der Waals surface area contributed by atoms with Gasteiger partial charge in [0.15, 0.2) is 0 Å². The molecule has 0 fully saturated rings. The first-order valence-electron chi connectivity index (χ1n) is 7.36. The van der Waals surface area contributed by atoms with Crippen LogP contribution < -0.4 is 0 Å². The lowest BCUT2D eigenvalue weighted by molar-refractivity contribution is 1.30. The van der Waals surface area contributed by atoms with E-state index < -0.39 is 0 Å². The molecule has 0 spiro atoms. The summed E-state index contributed by atoms with van der Waals surface area (Å²) in [5, 5.41) is 7.51. The van der Waals surface area contributed by atoms with Crippen LogP contribution in [0.2, 0.25) is 0 Å². The molecule has 0 saturated carbocycles. The van der Waals surface area contributed by atoms with Crippen molar-refractivity contribution in [1.29, 1.82) is 0 Å². The number of fused-ring (bicyclic) bond motifs is 7. The Bertz CT molecular complexity index is 1080.